The van der Waals surface area contributed by atoms with Crippen LogP contribution in [0.3, 0.4) is 0 Å². The van der Waals surface area contributed by atoms with Gasteiger partial charge in [0.05, 0.1) is 5.75 Å². The highest BCUT2D eigenvalue weighted by Gasteiger charge is 2.65. The number of hydrogen-bond acceptors (Lipinski definition) is 4. The minimum absolute atomic E-state index is 0.0291. The monoisotopic (exact) mass is 424 g/mol. The Balaban J connectivity index is 1.47. The molecule has 2 aliphatic carbocycles. The number of halogens is 1. The molecular formula is C21H29ClN2O3S. The lowest BCUT2D eigenvalue weighted by Crippen LogP contribution is -2.52. The predicted molar refractivity (Wildman–Crippen MR) is 112 cm³/mol. The molecule has 1 aliphatic heterocycles. The fraction of sp³-hybridized carbons (Fsp3) is 0.667. The topological polar surface area (TPSA) is 57.7 Å². The van der Waals surface area contributed by atoms with Gasteiger partial charge in [0, 0.05) is 48.7 Å². The SMILES string of the molecule is Cc1ccc(N2CCN(S(=O)(=O)C[C@]34CC[C@@H](CC3=O)C4(C)C)CC2)cc1Cl. The lowest BCUT2D eigenvalue weighted by atomic mass is 9.70. The van der Waals surface area contributed by atoms with Gasteiger partial charge in [0.1, 0.15) is 5.78 Å². The molecule has 0 aromatic heterocycles. The smallest absolute Gasteiger partial charge is 0.215 e. The van der Waals surface area contributed by atoms with Gasteiger partial charge in [-0.05, 0) is 48.8 Å². The summed E-state index contributed by atoms with van der Waals surface area (Å²) in [5, 5.41) is 0.726. The van der Waals surface area contributed by atoms with Gasteiger partial charge in [-0.2, -0.15) is 4.31 Å². The van der Waals surface area contributed by atoms with Crippen molar-refractivity contribution in [2.45, 2.75) is 40.0 Å². The Hall–Kier alpha value is -1.11. The normalized spacial score (nSPS) is 30.2. The van der Waals surface area contributed by atoms with Crippen molar-refractivity contribution in [2.75, 3.05) is 36.8 Å². The van der Waals surface area contributed by atoms with E-state index >= 15 is 0 Å². The van der Waals surface area contributed by atoms with Gasteiger partial charge in [0.15, 0.2) is 0 Å². The number of hydrogen-bond donors (Lipinski definition) is 0. The van der Waals surface area contributed by atoms with Gasteiger partial charge in [-0.25, -0.2) is 8.42 Å². The van der Waals surface area contributed by atoms with Gasteiger partial charge in [0.2, 0.25) is 10.0 Å². The second-order valence-electron chi connectivity index (χ2n) is 9.24. The second kappa shape index (κ2) is 6.71. The summed E-state index contributed by atoms with van der Waals surface area (Å²) in [6, 6.07) is 5.96. The molecule has 1 saturated heterocycles. The van der Waals surface area contributed by atoms with Crippen molar-refractivity contribution in [3.63, 3.8) is 0 Å². The molecule has 2 atom stereocenters. The number of anilines is 1. The van der Waals surface area contributed by atoms with Crippen molar-refractivity contribution >= 4 is 33.1 Å². The van der Waals surface area contributed by atoms with Crippen LogP contribution >= 0.6 is 11.6 Å². The number of carbonyl (C=O) groups is 1. The number of sulfonamides is 1. The third-order valence-electron chi connectivity index (χ3n) is 7.72. The molecule has 5 nitrogen and oxygen atoms in total. The van der Waals surface area contributed by atoms with Gasteiger partial charge in [0.25, 0.3) is 0 Å². The molecular weight excluding hydrogens is 396 g/mol. The minimum Gasteiger partial charge on any atom is -0.369 e. The Kier molecular flexibility index (Phi) is 4.83. The molecule has 3 aliphatic rings. The number of aryl methyl sites for hydroxylation is 1. The zero-order valence-corrected chi connectivity index (χ0v) is 18.4. The molecule has 3 fully saturated rings. The first-order valence-electron chi connectivity index (χ1n) is 10.1. The summed E-state index contributed by atoms with van der Waals surface area (Å²) < 4.78 is 28.1. The molecule has 0 spiro atoms. The molecule has 1 heterocycles. The number of benzene rings is 1. The third kappa shape index (κ3) is 2.99. The van der Waals surface area contributed by atoms with E-state index in [-0.39, 0.29) is 17.0 Å². The Morgan fingerprint density at radius 3 is 2.39 bits per heavy atom. The maximum Gasteiger partial charge on any atom is 0.215 e. The van der Waals surface area contributed by atoms with Gasteiger partial charge in [-0.15, -0.1) is 0 Å². The van der Waals surface area contributed by atoms with Crippen LogP contribution in [0.15, 0.2) is 18.2 Å². The van der Waals surface area contributed by atoms with Crippen LogP contribution in [-0.4, -0.2) is 50.4 Å². The van der Waals surface area contributed by atoms with Crippen LogP contribution in [0, 0.1) is 23.7 Å². The highest BCUT2D eigenvalue weighted by molar-refractivity contribution is 7.89. The van der Waals surface area contributed by atoms with Crippen molar-refractivity contribution in [2.24, 2.45) is 16.7 Å². The number of ketones is 1. The predicted octanol–water partition coefficient (Wildman–Crippen LogP) is 3.50. The number of rotatable bonds is 4. The molecule has 1 aromatic carbocycles. The standard InChI is InChI=1S/C21H29ClN2O3S/c1-15-4-5-17(13-18(15)22)23-8-10-24(11-9-23)28(26,27)14-21-7-6-16(12-19(21)25)20(21,2)3/h4-5,13,16H,6-12,14H2,1-3H3/t16-,21+/m0/s1. The molecule has 2 bridgehead atoms. The van der Waals surface area contributed by atoms with E-state index in [2.05, 4.69) is 18.7 Å². The molecule has 28 heavy (non-hydrogen) atoms. The Morgan fingerprint density at radius 1 is 1.18 bits per heavy atom. The van der Waals surface area contributed by atoms with E-state index < -0.39 is 15.4 Å². The quantitative estimate of drug-likeness (QED) is 0.742. The summed E-state index contributed by atoms with van der Waals surface area (Å²) in [6.45, 7) is 8.30. The average molecular weight is 425 g/mol. The summed E-state index contributed by atoms with van der Waals surface area (Å²) in [7, 11) is -3.48. The van der Waals surface area contributed by atoms with Gasteiger partial charge < -0.3 is 4.90 Å². The van der Waals surface area contributed by atoms with Gasteiger partial charge >= 0.3 is 0 Å². The molecule has 7 heteroatoms. The van der Waals surface area contributed by atoms with Crippen molar-refractivity contribution in [1.82, 2.24) is 4.31 Å². The molecule has 1 aromatic rings. The zero-order valence-electron chi connectivity index (χ0n) is 16.9. The second-order valence-corrected chi connectivity index (χ2v) is 11.6. The summed E-state index contributed by atoms with van der Waals surface area (Å²) in [5.74, 6) is 0.460. The van der Waals surface area contributed by atoms with Crippen LogP contribution in [0.1, 0.15) is 38.7 Å². The van der Waals surface area contributed by atoms with E-state index in [0.717, 1.165) is 22.7 Å². The molecule has 2 saturated carbocycles. The summed E-state index contributed by atoms with van der Waals surface area (Å²) in [6.07, 6.45) is 2.23. The number of piperazine rings is 1. The fourth-order valence-electron chi connectivity index (χ4n) is 5.51. The van der Waals surface area contributed by atoms with Crippen LogP contribution < -0.4 is 4.90 Å². The molecule has 0 amide bonds. The van der Waals surface area contributed by atoms with E-state index in [1.165, 1.54) is 0 Å². The summed E-state index contributed by atoms with van der Waals surface area (Å²) in [4.78, 5) is 14.9. The zero-order chi connectivity index (χ0) is 20.3. The van der Waals surface area contributed by atoms with Crippen molar-refractivity contribution in [1.29, 1.82) is 0 Å². The highest BCUT2D eigenvalue weighted by Crippen LogP contribution is 2.64. The minimum atomic E-state index is -3.48. The van der Waals surface area contributed by atoms with Gasteiger partial charge in [-0.1, -0.05) is 31.5 Å². The van der Waals surface area contributed by atoms with Crippen LogP contribution in [0.5, 0.6) is 0 Å². The lowest BCUT2D eigenvalue weighted by molar-refractivity contribution is -0.128. The van der Waals surface area contributed by atoms with E-state index in [1.54, 1.807) is 4.31 Å². The Morgan fingerprint density at radius 2 is 1.86 bits per heavy atom. The summed E-state index contributed by atoms with van der Waals surface area (Å²) in [5.41, 5.74) is 1.14. The molecule has 0 N–H and O–H groups in total. The molecule has 4 rings (SSSR count). The van der Waals surface area contributed by atoms with Crippen LogP contribution in [0.2, 0.25) is 5.02 Å². The van der Waals surface area contributed by atoms with E-state index in [0.29, 0.717) is 44.9 Å². The number of nitrogens with zero attached hydrogens (tertiary/aromatic N) is 2. The van der Waals surface area contributed by atoms with E-state index in [9.17, 15) is 13.2 Å². The number of carbonyl (C=O) groups excluding carboxylic acids is 1. The van der Waals surface area contributed by atoms with Gasteiger partial charge in [-0.3, -0.25) is 4.79 Å². The first-order valence-corrected chi connectivity index (χ1v) is 12.1. The Bertz CT molecular complexity index is 906. The van der Waals surface area contributed by atoms with Crippen LogP contribution in [-0.2, 0) is 14.8 Å². The largest absolute Gasteiger partial charge is 0.369 e. The lowest BCUT2D eigenvalue weighted by Gasteiger charge is -2.40. The number of Topliss-reactive ketones (excluding diaryl/α,β-unsaturated/α-hetero) is 1. The fourth-order valence-corrected chi connectivity index (χ4v) is 7.89. The van der Waals surface area contributed by atoms with Crippen LogP contribution in [0.4, 0.5) is 5.69 Å². The summed E-state index contributed by atoms with van der Waals surface area (Å²) >= 11 is 6.24. The maximum atomic E-state index is 13.2. The molecule has 0 unspecified atom stereocenters. The maximum absolute atomic E-state index is 13.2. The third-order valence-corrected chi connectivity index (χ3v) is 10.1. The van der Waals surface area contributed by atoms with Crippen LogP contribution in [0.25, 0.3) is 0 Å². The number of fused-ring (bicyclic) bond motifs is 2. The average Bonchev–Trinajstić information content (AvgIpc) is 2.98. The molecule has 0 radical (unpaired) electrons. The Labute approximate surface area is 173 Å². The first-order chi connectivity index (χ1) is 13.1. The molecule has 154 valence electrons. The van der Waals surface area contributed by atoms with Crippen molar-refractivity contribution in [3.05, 3.63) is 28.8 Å². The van der Waals surface area contributed by atoms with E-state index in [4.69, 9.17) is 11.6 Å². The van der Waals surface area contributed by atoms with Crippen molar-refractivity contribution < 1.29 is 13.2 Å². The van der Waals surface area contributed by atoms with Crippen molar-refractivity contribution in [3.8, 4) is 0 Å². The van der Waals surface area contributed by atoms with E-state index in [1.807, 2.05) is 25.1 Å². The first kappa shape index (κ1) is 20.2. The highest BCUT2D eigenvalue weighted by atomic mass is 35.5.